The summed E-state index contributed by atoms with van der Waals surface area (Å²) in [5, 5.41) is 16.8. The molecule has 0 fully saturated rings. The first-order valence-corrected chi connectivity index (χ1v) is 10.3. The minimum Gasteiger partial charge on any atom is -0.495 e. The van der Waals surface area contributed by atoms with Crippen LogP contribution in [0.3, 0.4) is 0 Å². The van der Waals surface area contributed by atoms with Crippen LogP contribution in [0.2, 0.25) is 0 Å². The summed E-state index contributed by atoms with van der Waals surface area (Å²) in [6.45, 7) is 0.0549. The number of nitrogens with zero attached hydrogens (tertiary/aromatic N) is 1. The summed E-state index contributed by atoms with van der Waals surface area (Å²) >= 11 is 1.38. The van der Waals surface area contributed by atoms with Gasteiger partial charge in [0.05, 0.1) is 36.9 Å². The second kappa shape index (κ2) is 8.80. The third kappa shape index (κ3) is 4.04. The molecule has 0 aliphatic heterocycles. The number of para-hydroxylation sites is 2. The van der Waals surface area contributed by atoms with E-state index in [0.717, 1.165) is 26.8 Å². The van der Waals surface area contributed by atoms with Crippen LogP contribution in [-0.4, -0.2) is 25.3 Å². The van der Waals surface area contributed by atoms with Gasteiger partial charge in [-0.2, -0.15) is 5.26 Å². The van der Waals surface area contributed by atoms with E-state index in [-0.39, 0.29) is 12.5 Å². The molecule has 3 aromatic carbocycles. The van der Waals surface area contributed by atoms with Crippen molar-refractivity contribution in [3.63, 3.8) is 0 Å². The van der Waals surface area contributed by atoms with Crippen LogP contribution < -0.4 is 15.4 Å². The van der Waals surface area contributed by atoms with Crippen molar-refractivity contribution in [1.82, 2.24) is 0 Å². The Hall–Kier alpha value is -3.63. The standard InChI is InChI=1S/C23H19N3O3S/c1-28-21-12-16-15-6-2-4-8-19(15)29-20(16)13-18(21)25-14-23(27)26-17-7-3-5-9-22(17)30-11-10-24/h2-9,12-13,25H,11,14H2,1H3,(H,26,27). The number of benzene rings is 3. The molecule has 150 valence electrons. The summed E-state index contributed by atoms with van der Waals surface area (Å²) in [5.41, 5.74) is 2.88. The highest BCUT2D eigenvalue weighted by atomic mass is 32.2. The van der Waals surface area contributed by atoms with Crippen LogP contribution in [0.15, 0.2) is 70.0 Å². The monoisotopic (exact) mass is 417 g/mol. The van der Waals surface area contributed by atoms with Gasteiger partial charge in [-0.25, -0.2) is 0 Å². The Kier molecular flexibility index (Phi) is 5.77. The number of carbonyl (C=O) groups is 1. The van der Waals surface area contributed by atoms with E-state index in [9.17, 15) is 4.79 Å². The van der Waals surface area contributed by atoms with Crippen molar-refractivity contribution < 1.29 is 13.9 Å². The summed E-state index contributed by atoms with van der Waals surface area (Å²) in [6, 6.07) is 21.1. The molecule has 1 aromatic heterocycles. The van der Waals surface area contributed by atoms with E-state index in [4.69, 9.17) is 14.4 Å². The lowest BCUT2D eigenvalue weighted by atomic mass is 10.1. The average molecular weight is 417 g/mol. The molecule has 4 aromatic rings. The molecule has 7 heteroatoms. The number of hydrogen-bond donors (Lipinski definition) is 2. The second-order valence-electron chi connectivity index (χ2n) is 6.49. The summed E-state index contributed by atoms with van der Waals surface area (Å²) < 4.78 is 11.4. The lowest BCUT2D eigenvalue weighted by molar-refractivity contribution is -0.114. The summed E-state index contributed by atoms with van der Waals surface area (Å²) in [5.74, 6) is 0.749. The highest BCUT2D eigenvalue weighted by molar-refractivity contribution is 7.99. The average Bonchev–Trinajstić information content (AvgIpc) is 3.13. The number of furan rings is 1. The number of rotatable bonds is 7. The lowest BCUT2D eigenvalue weighted by Gasteiger charge is -2.13. The molecule has 0 saturated heterocycles. The molecular formula is C23H19N3O3S. The Bertz CT molecular complexity index is 1260. The van der Waals surface area contributed by atoms with E-state index >= 15 is 0 Å². The minimum absolute atomic E-state index is 0.0549. The zero-order valence-corrected chi connectivity index (χ0v) is 17.1. The van der Waals surface area contributed by atoms with Crippen LogP contribution in [0.5, 0.6) is 5.75 Å². The van der Waals surface area contributed by atoms with Crippen molar-refractivity contribution in [3.05, 3.63) is 60.7 Å². The fourth-order valence-corrected chi connectivity index (χ4v) is 3.90. The van der Waals surface area contributed by atoms with Crippen molar-refractivity contribution >= 4 is 51.0 Å². The van der Waals surface area contributed by atoms with Gasteiger partial charge in [0.15, 0.2) is 0 Å². The molecular weight excluding hydrogens is 398 g/mol. The number of carbonyl (C=O) groups excluding carboxylic acids is 1. The van der Waals surface area contributed by atoms with E-state index in [0.29, 0.717) is 22.9 Å². The van der Waals surface area contributed by atoms with Gasteiger partial charge >= 0.3 is 0 Å². The molecule has 0 aliphatic carbocycles. The van der Waals surface area contributed by atoms with E-state index in [1.807, 2.05) is 60.7 Å². The van der Waals surface area contributed by atoms with Crippen LogP contribution in [0.25, 0.3) is 21.9 Å². The molecule has 0 bridgehead atoms. The fourth-order valence-electron chi connectivity index (χ4n) is 3.23. The predicted octanol–water partition coefficient (Wildman–Crippen LogP) is 5.26. The Morgan fingerprint density at radius 1 is 1.07 bits per heavy atom. The molecule has 30 heavy (non-hydrogen) atoms. The smallest absolute Gasteiger partial charge is 0.243 e. The number of methoxy groups -OCH3 is 1. The van der Waals surface area contributed by atoms with E-state index in [1.54, 1.807) is 7.11 Å². The molecule has 0 atom stereocenters. The first-order valence-electron chi connectivity index (χ1n) is 9.31. The van der Waals surface area contributed by atoms with Gasteiger partial charge in [0, 0.05) is 21.7 Å². The van der Waals surface area contributed by atoms with Gasteiger partial charge in [0.2, 0.25) is 5.91 Å². The number of hydrogen-bond acceptors (Lipinski definition) is 6. The SMILES string of the molecule is COc1cc2c(cc1NCC(=O)Nc1ccccc1SCC#N)oc1ccccc12. The predicted molar refractivity (Wildman–Crippen MR) is 120 cm³/mol. The quantitative estimate of drug-likeness (QED) is 0.399. The fraction of sp³-hybridized carbons (Fsp3) is 0.130. The number of fused-ring (bicyclic) bond motifs is 3. The van der Waals surface area contributed by atoms with E-state index in [1.165, 1.54) is 11.8 Å². The third-order valence-electron chi connectivity index (χ3n) is 4.59. The van der Waals surface area contributed by atoms with Crippen molar-refractivity contribution in [2.24, 2.45) is 0 Å². The van der Waals surface area contributed by atoms with Gasteiger partial charge in [0.1, 0.15) is 16.9 Å². The number of amides is 1. The molecule has 1 heterocycles. The van der Waals surface area contributed by atoms with Crippen LogP contribution in [-0.2, 0) is 4.79 Å². The number of nitriles is 1. The van der Waals surface area contributed by atoms with Gasteiger partial charge in [-0.3, -0.25) is 4.79 Å². The maximum absolute atomic E-state index is 12.5. The van der Waals surface area contributed by atoms with Gasteiger partial charge in [-0.15, -0.1) is 11.8 Å². The zero-order valence-electron chi connectivity index (χ0n) is 16.3. The molecule has 2 N–H and O–H groups in total. The van der Waals surface area contributed by atoms with E-state index in [2.05, 4.69) is 16.7 Å². The topological polar surface area (TPSA) is 87.3 Å². The highest BCUT2D eigenvalue weighted by Gasteiger charge is 2.13. The van der Waals surface area contributed by atoms with Crippen molar-refractivity contribution in [2.45, 2.75) is 4.90 Å². The highest BCUT2D eigenvalue weighted by Crippen LogP contribution is 2.36. The van der Waals surface area contributed by atoms with E-state index < -0.39 is 0 Å². The Morgan fingerprint density at radius 2 is 1.87 bits per heavy atom. The van der Waals surface area contributed by atoms with Crippen LogP contribution in [0.4, 0.5) is 11.4 Å². The maximum atomic E-state index is 12.5. The number of ether oxygens (including phenoxy) is 1. The molecule has 6 nitrogen and oxygen atoms in total. The molecule has 0 spiro atoms. The number of anilines is 2. The third-order valence-corrected chi connectivity index (χ3v) is 5.53. The summed E-state index contributed by atoms with van der Waals surface area (Å²) in [4.78, 5) is 13.4. The first-order chi connectivity index (χ1) is 14.7. The van der Waals surface area contributed by atoms with Crippen LogP contribution in [0, 0.1) is 11.3 Å². The van der Waals surface area contributed by atoms with Gasteiger partial charge in [-0.1, -0.05) is 30.3 Å². The second-order valence-corrected chi connectivity index (χ2v) is 7.51. The van der Waals surface area contributed by atoms with Crippen LogP contribution in [0.1, 0.15) is 0 Å². The molecule has 0 saturated carbocycles. The molecule has 0 radical (unpaired) electrons. The Morgan fingerprint density at radius 3 is 2.70 bits per heavy atom. The van der Waals surface area contributed by atoms with Crippen molar-refractivity contribution in [2.75, 3.05) is 30.0 Å². The zero-order chi connectivity index (χ0) is 20.9. The molecule has 0 aliphatic rings. The van der Waals surface area contributed by atoms with Crippen LogP contribution >= 0.6 is 11.8 Å². The van der Waals surface area contributed by atoms with Crippen molar-refractivity contribution in [3.8, 4) is 11.8 Å². The molecule has 0 unspecified atom stereocenters. The Labute approximate surface area is 177 Å². The van der Waals surface area contributed by atoms with Gasteiger partial charge in [-0.05, 0) is 24.3 Å². The molecule has 4 rings (SSSR count). The minimum atomic E-state index is -0.202. The van der Waals surface area contributed by atoms with Gasteiger partial charge in [0.25, 0.3) is 0 Å². The number of nitrogens with one attached hydrogen (secondary N) is 2. The largest absolute Gasteiger partial charge is 0.495 e. The number of thioether (sulfide) groups is 1. The molecule has 1 amide bonds. The lowest BCUT2D eigenvalue weighted by Crippen LogP contribution is -2.22. The summed E-state index contributed by atoms with van der Waals surface area (Å²) in [6.07, 6.45) is 0. The normalized spacial score (nSPS) is 10.7. The van der Waals surface area contributed by atoms with Crippen molar-refractivity contribution in [1.29, 1.82) is 5.26 Å². The van der Waals surface area contributed by atoms with Gasteiger partial charge < -0.3 is 19.8 Å². The Balaban J connectivity index is 1.51. The first kappa shape index (κ1) is 19.7. The summed E-state index contributed by atoms with van der Waals surface area (Å²) in [7, 11) is 1.59. The maximum Gasteiger partial charge on any atom is 0.243 e.